The van der Waals surface area contributed by atoms with Gasteiger partial charge >= 0.3 is 5.97 Å². The third kappa shape index (κ3) is 6.28. The fourth-order valence-electron chi connectivity index (χ4n) is 7.05. The summed E-state index contributed by atoms with van der Waals surface area (Å²) < 4.78 is 29.1. The summed E-state index contributed by atoms with van der Waals surface area (Å²) in [5, 5.41) is 3.13. The minimum absolute atomic E-state index is 0.125. The van der Waals surface area contributed by atoms with E-state index in [1.54, 1.807) is 24.4 Å². The van der Waals surface area contributed by atoms with Gasteiger partial charge in [0.25, 0.3) is 11.8 Å². The lowest BCUT2D eigenvalue weighted by Crippen LogP contribution is -2.51. The molecule has 0 spiro atoms. The van der Waals surface area contributed by atoms with Gasteiger partial charge in [-0.2, -0.15) is 0 Å². The van der Waals surface area contributed by atoms with Crippen molar-refractivity contribution in [2.45, 2.75) is 70.4 Å². The molecule has 0 saturated carbocycles. The Hall–Kier alpha value is -4.73. The number of amides is 2. The van der Waals surface area contributed by atoms with E-state index in [0.717, 1.165) is 38.8 Å². The van der Waals surface area contributed by atoms with Crippen LogP contribution in [0.3, 0.4) is 0 Å². The maximum atomic E-state index is 15.5. The van der Waals surface area contributed by atoms with Gasteiger partial charge in [-0.15, -0.1) is 0 Å². The summed E-state index contributed by atoms with van der Waals surface area (Å²) in [5.41, 5.74) is 4.42. The number of nitrogens with zero attached hydrogens (tertiary/aromatic N) is 5. The normalized spacial score (nSPS) is 22.5. The van der Waals surface area contributed by atoms with Gasteiger partial charge in [-0.1, -0.05) is 11.8 Å². The Morgan fingerprint density at radius 3 is 2.69 bits per heavy atom. The van der Waals surface area contributed by atoms with Gasteiger partial charge in [0.1, 0.15) is 23.9 Å². The number of allylic oxidation sites excluding steroid dienone is 1. The molecule has 5 aliphatic rings. The van der Waals surface area contributed by atoms with Crippen LogP contribution in [-0.2, 0) is 45.1 Å². The number of benzene rings is 1. The second kappa shape index (κ2) is 13.1. The number of likely N-dealkylation sites (tertiary alicyclic amines) is 1. The molecule has 2 amide bonds. The zero-order chi connectivity index (χ0) is 33.5. The summed E-state index contributed by atoms with van der Waals surface area (Å²) in [6.45, 7) is 3.78. The van der Waals surface area contributed by atoms with Gasteiger partial charge in [-0.25, -0.2) is 9.38 Å². The molecule has 12 heteroatoms. The van der Waals surface area contributed by atoms with Crippen LogP contribution in [0.15, 0.2) is 41.3 Å². The Labute approximate surface area is 279 Å². The van der Waals surface area contributed by atoms with Crippen LogP contribution in [0.25, 0.3) is 5.57 Å². The van der Waals surface area contributed by atoms with E-state index >= 15 is 4.39 Å². The van der Waals surface area contributed by atoms with Crippen LogP contribution in [0.5, 0.6) is 0 Å². The summed E-state index contributed by atoms with van der Waals surface area (Å²) in [4.78, 5) is 48.9. The first-order chi connectivity index (χ1) is 23.1. The first-order valence-corrected chi connectivity index (χ1v) is 16.5. The van der Waals surface area contributed by atoms with Crippen molar-refractivity contribution in [3.8, 4) is 11.8 Å². The highest BCUT2D eigenvalue weighted by Gasteiger charge is 2.33. The van der Waals surface area contributed by atoms with Crippen molar-refractivity contribution in [3.05, 3.63) is 70.2 Å². The Balaban J connectivity index is 1.17. The molecule has 4 aliphatic heterocycles. The predicted octanol–water partition coefficient (Wildman–Crippen LogP) is 3.02. The Morgan fingerprint density at radius 2 is 1.94 bits per heavy atom. The Morgan fingerprint density at radius 1 is 1.12 bits per heavy atom. The fourth-order valence-corrected chi connectivity index (χ4v) is 7.05. The minimum atomic E-state index is -0.919. The quantitative estimate of drug-likeness (QED) is 0.345. The van der Waals surface area contributed by atoms with Crippen LogP contribution in [-0.4, -0.2) is 90.3 Å². The number of carbonyl (C=O) groups is 3. The molecule has 1 N–H and O–H groups in total. The molecule has 2 atom stereocenters. The number of hydrogen-bond donors (Lipinski definition) is 1. The van der Waals surface area contributed by atoms with Gasteiger partial charge < -0.3 is 34.1 Å². The lowest BCUT2D eigenvalue weighted by Gasteiger charge is -2.37. The van der Waals surface area contributed by atoms with Crippen molar-refractivity contribution in [1.29, 1.82) is 0 Å². The molecule has 11 nitrogen and oxygen atoms in total. The average molecular weight is 655 g/mol. The number of fused-ring (bicyclic) bond motifs is 3. The second-order valence-corrected chi connectivity index (χ2v) is 13.0. The molecule has 1 fully saturated rings. The molecule has 2 unspecified atom stereocenters. The Kier molecular flexibility index (Phi) is 8.66. The molecule has 5 heterocycles. The summed E-state index contributed by atoms with van der Waals surface area (Å²) in [5.74, 6) is 4.92. The third-order valence-electron chi connectivity index (χ3n) is 9.49. The van der Waals surface area contributed by atoms with E-state index in [0.29, 0.717) is 53.4 Å². The van der Waals surface area contributed by atoms with Crippen molar-refractivity contribution >= 4 is 35.3 Å². The molecule has 1 aromatic heterocycles. The predicted molar refractivity (Wildman–Crippen MR) is 177 cm³/mol. The molecular formula is C36H39FN6O5. The van der Waals surface area contributed by atoms with E-state index in [4.69, 9.17) is 9.47 Å². The second-order valence-electron chi connectivity index (χ2n) is 13.0. The van der Waals surface area contributed by atoms with Gasteiger partial charge in [-0.05, 0) is 62.6 Å². The zero-order valence-corrected chi connectivity index (χ0v) is 27.4. The standard InChI is InChI=1S/C36H39FN6O5/c1-22(44)47-21-29-28(15-25(37)16-32(29)43-13-12-42-31-7-5-4-6-23(31)14-33(42)36(43)46)24-8-10-30(35(45)41(3)18-24)39-34-11-9-26(17-38-34)48-27-19-40(2)20-27/h11,14-18,26-27,30,39H,4-7,9,12-13,19-21H2,1-3H3. The van der Waals surface area contributed by atoms with Crippen molar-refractivity contribution in [1.82, 2.24) is 19.7 Å². The Bertz CT molecular complexity index is 1830. The number of rotatable bonds is 8. The number of anilines is 1. The van der Waals surface area contributed by atoms with Gasteiger partial charge in [0.05, 0.1) is 17.9 Å². The third-order valence-corrected chi connectivity index (χ3v) is 9.49. The zero-order valence-electron chi connectivity index (χ0n) is 27.4. The van der Waals surface area contributed by atoms with Crippen molar-refractivity contribution in [2.75, 3.05) is 38.6 Å². The van der Waals surface area contributed by atoms with E-state index in [2.05, 4.69) is 31.6 Å². The number of aryl methyl sites for hydroxylation is 1. The summed E-state index contributed by atoms with van der Waals surface area (Å²) >= 11 is 0. The monoisotopic (exact) mass is 654 g/mol. The summed E-state index contributed by atoms with van der Waals surface area (Å²) in [7, 11) is 3.64. The first kappa shape index (κ1) is 31.8. The SMILES string of the molecule is CC(=O)OCc1c(C2=CN(C)C(=O)C(NC3=CCC(OC4CN(C)C4)C=N3)C#C2)cc(F)cc1N1CCn2c(cc3c2CCCC3)C1=O. The molecule has 250 valence electrons. The molecular weight excluding hydrogens is 615 g/mol. The summed E-state index contributed by atoms with van der Waals surface area (Å²) in [6, 6.07) is 3.65. The number of hydrogen-bond acceptors (Lipinski definition) is 8. The first-order valence-electron chi connectivity index (χ1n) is 16.5. The number of aromatic nitrogens is 1. The molecule has 2 aromatic rings. The minimum Gasteiger partial charge on any atom is -0.461 e. The van der Waals surface area contributed by atoms with Gasteiger partial charge in [0.2, 0.25) is 0 Å². The highest BCUT2D eigenvalue weighted by Crippen LogP contribution is 2.35. The number of aliphatic imine (C=N–C) groups is 1. The van der Waals surface area contributed by atoms with Gasteiger partial charge in [0, 0.05) is 81.4 Å². The van der Waals surface area contributed by atoms with Gasteiger partial charge in [-0.3, -0.25) is 14.4 Å². The number of halogens is 1. The van der Waals surface area contributed by atoms with Crippen molar-refractivity contribution in [3.63, 3.8) is 0 Å². The van der Waals surface area contributed by atoms with E-state index in [1.807, 2.05) is 19.2 Å². The van der Waals surface area contributed by atoms with Gasteiger partial charge in [0.15, 0.2) is 6.04 Å². The highest BCUT2D eigenvalue weighted by atomic mass is 19.1. The highest BCUT2D eigenvalue weighted by molar-refractivity contribution is 6.07. The van der Waals surface area contributed by atoms with Crippen LogP contribution in [0, 0.1) is 17.7 Å². The number of carbonyl (C=O) groups excluding carboxylic acids is 3. The lowest BCUT2D eigenvalue weighted by atomic mass is 9.97. The van der Waals surface area contributed by atoms with E-state index in [1.165, 1.54) is 35.2 Å². The molecule has 7 rings (SSSR count). The molecule has 1 saturated heterocycles. The van der Waals surface area contributed by atoms with Crippen molar-refractivity contribution < 1.29 is 28.2 Å². The fraction of sp³-hybridized carbons (Fsp3) is 0.444. The smallest absolute Gasteiger partial charge is 0.302 e. The number of nitrogens with one attached hydrogen (secondary N) is 1. The van der Waals surface area contributed by atoms with E-state index in [-0.39, 0.29) is 30.6 Å². The molecule has 0 radical (unpaired) electrons. The van der Waals surface area contributed by atoms with Crippen LogP contribution in [0.2, 0.25) is 0 Å². The topological polar surface area (TPSA) is 109 Å². The largest absolute Gasteiger partial charge is 0.461 e. The van der Waals surface area contributed by atoms with Crippen LogP contribution in [0.1, 0.15) is 59.1 Å². The molecule has 48 heavy (non-hydrogen) atoms. The molecule has 0 bridgehead atoms. The molecule has 1 aliphatic carbocycles. The van der Waals surface area contributed by atoms with Crippen LogP contribution < -0.4 is 10.2 Å². The van der Waals surface area contributed by atoms with E-state index < -0.39 is 17.8 Å². The lowest BCUT2D eigenvalue weighted by molar-refractivity contribution is -0.142. The number of esters is 1. The number of likely N-dealkylation sites (N-methyl/N-ethyl adjacent to an activating group) is 2. The average Bonchev–Trinajstić information content (AvgIpc) is 3.38. The number of ether oxygens (including phenoxy) is 2. The maximum absolute atomic E-state index is 15.5. The van der Waals surface area contributed by atoms with Crippen molar-refractivity contribution in [2.24, 2.45) is 4.99 Å². The molecule has 1 aromatic carbocycles. The van der Waals surface area contributed by atoms with E-state index in [9.17, 15) is 14.4 Å². The summed E-state index contributed by atoms with van der Waals surface area (Å²) in [6.07, 6.45) is 9.93. The van der Waals surface area contributed by atoms with Crippen LogP contribution >= 0.6 is 0 Å². The maximum Gasteiger partial charge on any atom is 0.302 e. The van der Waals surface area contributed by atoms with Crippen LogP contribution in [0.4, 0.5) is 10.1 Å².